The molecule has 2 N–H and O–H groups in total. The van der Waals surface area contributed by atoms with Crippen LogP contribution in [0.3, 0.4) is 0 Å². The molecular weight excluding hydrogens is 574 g/mol. The molecule has 44 heavy (non-hydrogen) atoms. The number of nitrogens with one attached hydrogen (secondary N) is 2. The number of allylic oxidation sites excluding steroid dienone is 2. The number of hydrogen-bond acceptors (Lipinski definition) is 7. The molecule has 1 saturated heterocycles. The van der Waals surface area contributed by atoms with Gasteiger partial charge in [0.15, 0.2) is 4.91 Å². The van der Waals surface area contributed by atoms with Crippen LogP contribution in [0, 0.1) is 11.3 Å². The number of hydrogen-bond donors (Lipinski definition) is 2. The predicted octanol–water partition coefficient (Wildman–Crippen LogP) is 5.75. The summed E-state index contributed by atoms with van der Waals surface area (Å²) in [4.78, 5) is 2.12. The molecule has 0 aliphatic carbocycles. The molecule has 1 aromatic heterocycles. The highest BCUT2D eigenvalue weighted by molar-refractivity contribution is 7.94. The minimum absolute atomic E-state index is 0.290. The normalized spacial score (nSPS) is 15.7. The molecule has 1 aliphatic heterocycles. The van der Waals surface area contributed by atoms with E-state index in [2.05, 4.69) is 51.3 Å². The monoisotopic (exact) mass is 621 g/mol. The second-order valence-electron chi connectivity index (χ2n) is 13.1. The van der Waals surface area contributed by atoms with E-state index in [0.29, 0.717) is 24.3 Å². The summed E-state index contributed by atoms with van der Waals surface area (Å²) in [7, 11) is -2.18. The maximum atomic E-state index is 13.4. The number of nitriles is 1. The molecule has 9 nitrogen and oxygen atoms in total. The fourth-order valence-electron chi connectivity index (χ4n) is 5.42. The van der Waals surface area contributed by atoms with Crippen molar-refractivity contribution in [3.05, 3.63) is 59.1 Å². The number of nitrogens with zero attached hydrogens (tertiary/aromatic N) is 3. The third-order valence-electron chi connectivity index (χ3n) is 7.89. The minimum Gasteiger partial charge on any atom is -0.384 e. The van der Waals surface area contributed by atoms with Gasteiger partial charge in [-0.05, 0) is 94.6 Å². The Balaban J connectivity index is 1.50. The van der Waals surface area contributed by atoms with Gasteiger partial charge < -0.3 is 19.4 Å². The molecule has 0 amide bonds. The Hall–Kier alpha value is -3.20. The van der Waals surface area contributed by atoms with Crippen LogP contribution >= 0.6 is 0 Å². The van der Waals surface area contributed by atoms with Crippen LogP contribution in [0.5, 0.6) is 0 Å². The summed E-state index contributed by atoms with van der Waals surface area (Å²) in [6.07, 6.45) is 0.462. The van der Waals surface area contributed by atoms with Crippen LogP contribution < -0.4 is 10.0 Å². The van der Waals surface area contributed by atoms with Crippen LogP contribution in [-0.4, -0.2) is 75.0 Å². The molecule has 0 atom stereocenters. The first kappa shape index (κ1) is 33.7. The molecule has 1 fully saturated rings. The number of fused-ring (bicyclic) bond motifs is 1. The van der Waals surface area contributed by atoms with Gasteiger partial charge in [0.05, 0.1) is 18.8 Å². The van der Waals surface area contributed by atoms with Crippen LogP contribution in [0.4, 0.5) is 5.69 Å². The first-order valence-corrected chi connectivity index (χ1v) is 16.7. The molecule has 10 heteroatoms. The molecule has 0 saturated carbocycles. The fourth-order valence-corrected chi connectivity index (χ4v) is 6.98. The van der Waals surface area contributed by atoms with Crippen molar-refractivity contribution < 1.29 is 17.9 Å². The van der Waals surface area contributed by atoms with Gasteiger partial charge in [0.1, 0.15) is 6.07 Å². The lowest BCUT2D eigenvalue weighted by atomic mass is 10.0. The van der Waals surface area contributed by atoms with Crippen molar-refractivity contribution in [2.24, 2.45) is 7.05 Å². The molecule has 0 radical (unpaired) electrons. The number of rotatable bonds is 12. The van der Waals surface area contributed by atoms with Gasteiger partial charge in [0.25, 0.3) is 10.0 Å². The zero-order valence-corrected chi connectivity index (χ0v) is 28.0. The van der Waals surface area contributed by atoms with E-state index in [-0.39, 0.29) is 10.5 Å². The molecule has 3 aromatic rings. The zero-order valence-electron chi connectivity index (χ0n) is 27.2. The van der Waals surface area contributed by atoms with Gasteiger partial charge in [-0.25, -0.2) is 13.1 Å². The predicted molar refractivity (Wildman–Crippen MR) is 179 cm³/mol. The van der Waals surface area contributed by atoms with Crippen molar-refractivity contribution >= 4 is 32.1 Å². The van der Waals surface area contributed by atoms with Gasteiger partial charge in [-0.3, -0.25) is 4.90 Å². The fraction of sp³-hybridized carbons (Fsp3) is 0.500. The molecule has 4 rings (SSSR count). The Bertz CT molecular complexity index is 1640. The van der Waals surface area contributed by atoms with Gasteiger partial charge in [0.2, 0.25) is 0 Å². The number of sulfonamides is 1. The molecule has 2 heterocycles. The van der Waals surface area contributed by atoms with Crippen LogP contribution in [0.15, 0.2) is 53.4 Å². The Labute approximate surface area is 262 Å². The van der Waals surface area contributed by atoms with Crippen molar-refractivity contribution in [2.45, 2.75) is 59.1 Å². The van der Waals surface area contributed by atoms with Crippen LogP contribution in [0.1, 0.15) is 53.7 Å². The van der Waals surface area contributed by atoms with Gasteiger partial charge in [-0.15, -0.1) is 0 Å². The minimum atomic E-state index is -4.08. The Morgan fingerprint density at radius 2 is 1.70 bits per heavy atom. The Kier molecular flexibility index (Phi) is 10.6. The molecule has 2 aromatic carbocycles. The van der Waals surface area contributed by atoms with Crippen molar-refractivity contribution in [1.29, 1.82) is 5.26 Å². The third kappa shape index (κ3) is 8.71. The van der Waals surface area contributed by atoms with Crippen molar-refractivity contribution in [1.82, 2.24) is 14.2 Å². The topological polar surface area (TPSA) is 109 Å². The molecular formula is C34H47N5O4S. The first-order valence-electron chi connectivity index (χ1n) is 15.2. The van der Waals surface area contributed by atoms with E-state index >= 15 is 0 Å². The van der Waals surface area contributed by atoms with Gasteiger partial charge in [-0.2, -0.15) is 5.26 Å². The molecule has 0 unspecified atom stereocenters. The highest BCUT2D eigenvalue weighted by Crippen LogP contribution is 2.31. The van der Waals surface area contributed by atoms with Crippen LogP contribution in [0.25, 0.3) is 27.6 Å². The smallest absolute Gasteiger partial charge is 0.251 e. The Morgan fingerprint density at radius 3 is 2.39 bits per heavy atom. The maximum Gasteiger partial charge on any atom is 0.251 e. The van der Waals surface area contributed by atoms with Crippen LogP contribution in [0.2, 0.25) is 0 Å². The summed E-state index contributed by atoms with van der Waals surface area (Å²) in [6.45, 7) is 17.0. The summed E-state index contributed by atoms with van der Waals surface area (Å²) < 4.78 is 42.7. The number of morpholine rings is 1. The average Bonchev–Trinajstić information content (AvgIpc) is 3.33. The number of aromatic nitrogens is 1. The van der Waals surface area contributed by atoms with Crippen molar-refractivity contribution in [2.75, 3.05) is 51.3 Å². The lowest BCUT2D eigenvalue weighted by molar-refractivity contribution is -0.0102. The van der Waals surface area contributed by atoms with Crippen molar-refractivity contribution in [3.8, 4) is 17.3 Å². The maximum absolute atomic E-state index is 13.4. The van der Waals surface area contributed by atoms with Crippen molar-refractivity contribution in [3.63, 3.8) is 0 Å². The Morgan fingerprint density at radius 1 is 1.02 bits per heavy atom. The second kappa shape index (κ2) is 13.8. The summed E-state index contributed by atoms with van der Waals surface area (Å²) in [5.74, 6) is 0. The highest BCUT2D eigenvalue weighted by Gasteiger charge is 2.30. The standard InChI is InChI=1S/C34H47N5O4S/c1-25(32(24-35)44(40,41)37-34(5,6)14-19-43-33(2,3)4)30-12-13-31(38(30)7)28-9-8-27-23-29(11-10-26(27)22-28)36-15-16-39-17-20-42-21-18-39/h8-13,22-23,36-37H,14-21H2,1-7H3/b32-25+. The van der Waals surface area contributed by atoms with Gasteiger partial charge >= 0.3 is 0 Å². The van der Waals surface area contributed by atoms with E-state index < -0.39 is 15.6 Å². The number of ether oxygens (including phenoxy) is 2. The zero-order chi connectivity index (χ0) is 32.1. The summed E-state index contributed by atoms with van der Waals surface area (Å²) in [6, 6.07) is 18.5. The summed E-state index contributed by atoms with van der Waals surface area (Å²) in [5, 5.41) is 15.8. The van der Waals surface area contributed by atoms with Gasteiger partial charge in [-0.1, -0.05) is 18.2 Å². The van der Waals surface area contributed by atoms with E-state index in [9.17, 15) is 13.7 Å². The van der Waals surface area contributed by atoms with E-state index in [1.807, 2.05) is 50.6 Å². The number of anilines is 1. The van der Waals surface area contributed by atoms with E-state index in [0.717, 1.165) is 67.1 Å². The van der Waals surface area contributed by atoms with Gasteiger partial charge in [0, 0.05) is 68.0 Å². The van der Waals surface area contributed by atoms with E-state index in [1.165, 1.54) is 0 Å². The molecule has 0 bridgehead atoms. The first-order chi connectivity index (χ1) is 20.7. The highest BCUT2D eigenvalue weighted by atomic mass is 32.2. The molecule has 0 spiro atoms. The summed E-state index contributed by atoms with van der Waals surface area (Å²) in [5.41, 5.74) is 2.96. The van der Waals surface area contributed by atoms with Crippen LogP contribution in [-0.2, 0) is 26.5 Å². The number of benzene rings is 2. The second-order valence-corrected chi connectivity index (χ2v) is 14.7. The SMILES string of the molecule is C/C(=C(/C#N)S(=O)(=O)NC(C)(C)CCOC(C)(C)C)c1ccc(-c2ccc3cc(NCCN4CCOCC4)ccc3c2)n1C. The molecule has 238 valence electrons. The quantitative estimate of drug-likeness (QED) is 0.248. The average molecular weight is 622 g/mol. The third-order valence-corrected chi connectivity index (χ3v) is 9.64. The largest absolute Gasteiger partial charge is 0.384 e. The van der Waals surface area contributed by atoms with E-state index in [4.69, 9.17) is 9.47 Å². The molecule has 1 aliphatic rings. The van der Waals surface area contributed by atoms with E-state index in [1.54, 1.807) is 20.8 Å². The summed E-state index contributed by atoms with van der Waals surface area (Å²) >= 11 is 0. The lowest BCUT2D eigenvalue weighted by Gasteiger charge is -2.28. The lowest BCUT2D eigenvalue weighted by Crippen LogP contribution is -2.45.